The van der Waals surface area contributed by atoms with E-state index in [1.807, 2.05) is 0 Å². The summed E-state index contributed by atoms with van der Waals surface area (Å²) in [5.74, 6) is -1.96. The van der Waals surface area contributed by atoms with Gasteiger partial charge in [-0.05, 0) is 5.41 Å². The third-order valence-corrected chi connectivity index (χ3v) is 1.88. The second-order valence-electron chi connectivity index (χ2n) is 4.11. The van der Waals surface area contributed by atoms with Crippen LogP contribution >= 0.6 is 0 Å². The first kappa shape index (κ1) is 11.9. The largest absolute Gasteiger partial charge is 0.481 e. The van der Waals surface area contributed by atoms with Crippen molar-refractivity contribution in [3.8, 4) is 6.07 Å². The number of carbonyl (C=O) groups is 1. The molecule has 0 spiro atoms. The molecule has 0 heterocycles. The number of hydrogen-bond donors (Lipinski definition) is 2. The van der Waals surface area contributed by atoms with Crippen LogP contribution < -0.4 is 0 Å². The highest BCUT2D eigenvalue weighted by atomic mass is 16.4. The third kappa shape index (κ3) is 3.43. The first-order chi connectivity index (χ1) is 5.80. The second kappa shape index (κ2) is 4.24. The van der Waals surface area contributed by atoms with Gasteiger partial charge in [0.1, 0.15) is 0 Å². The third-order valence-electron chi connectivity index (χ3n) is 1.88. The summed E-state index contributed by atoms with van der Waals surface area (Å²) in [6.45, 7) is 5.19. The van der Waals surface area contributed by atoms with Crippen molar-refractivity contribution in [3.63, 3.8) is 0 Å². The van der Waals surface area contributed by atoms with Crippen molar-refractivity contribution in [1.29, 1.82) is 5.26 Å². The molecule has 2 atom stereocenters. The lowest BCUT2D eigenvalue weighted by Gasteiger charge is -2.29. The molecule has 13 heavy (non-hydrogen) atoms. The molecule has 0 saturated heterocycles. The van der Waals surface area contributed by atoms with E-state index in [-0.39, 0.29) is 6.42 Å². The van der Waals surface area contributed by atoms with Crippen LogP contribution in [0.15, 0.2) is 0 Å². The second-order valence-corrected chi connectivity index (χ2v) is 4.11. The van der Waals surface area contributed by atoms with Gasteiger partial charge in [-0.1, -0.05) is 20.8 Å². The van der Waals surface area contributed by atoms with Gasteiger partial charge in [0.15, 0.2) is 0 Å². The van der Waals surface area contributed by atoms with Crippen LogP contribution in [0.5, 0.6) is 0 Å². The summed E-state index contributed by atoms with van der Waals surface area (Å²) in [4.78, 5) is 10.8. The monoisotopic (exact) mass is 185 g/mol. The Kier molecular flexibility index (Phi) is 3.89. The Morgan fingerprint density at radius 3 is 2.23 bits per heavy atom. The Balaban J connectivity index is 4.64. The molecule has 4 nitrogen and oxygen atoms in total. The predicted molar refractivity (Wildman–Crippen MR) is 46.8 cm³/mol. The van der Waals surface area contributed by atoms with Crippen molar-refractivity contribution in [2.24, 2.45) is 11.3 Å². The Bertz CT molecular complexity index is 224. The zero-order chi connectivity index (χ0) is 10.6. The lowest BCUT2D eigenvalue weighted by molar-refractivity contribution is -0.151. The van der Waals surface area contributed by atoms with E-state index in [2.05, 4.69) is 0 Å². The zero-order valence-electron chi connectivity index (χ0n) is 8.11. The number of nitriles is 1. The standard InChI is InChI=1S/C9H15NO3/c1-9(2,3)7(8(12)13)6(11)4-5-10/h6-7,11H,4H2,1-3H3,(H,12,13). The molecule has 0 aliphatic heterocycles. The molecule has 2 N–H and O–H groups in total. The summed E-state index contributed by atoms with van der Waals surface area (Å²) in [7, 11) is 0. The number of carboxylic acid groups (broad SMARTS) is 1. The molecular weight excluding hydrogens is 170 g/mol. The molecule has 0 aromatic heterocycles. The average molecular weight is 185 g/mol. The Labute approximate surface area is 77.8 Å². The van der Waals surface area contributed by atoms with Crippen LogP contribution in [0.4, 0.5) is 0 Å². The topological polar surface area (TPSA) is 81.3 Å². The van der Waals surface area contributed by atoms with Gasteiger partial charge in [0.2, 0.25) is 0 Å². The maximum Gasteiger partial charge on any atom is 0.309 e. The first-order valence-corrected chi connectivity index (χ1v) is 4.08. The number of nitrogens with zero attached hydrogens (tertiary/aromatic N) is 1. The van der Waals surface area contributed by atoms with Crippen LogP contribution in [0, 0.1) is 22.7 Å². The number of carboxylic acids is 1. The number of hydrogen-bond acceptors (Lipinski definition) is 3. The SMILES string of the molecule is CC(C)(C)C(C(=O)O)C(O)CC#N. The van der Waals surface area contributed by atoms with Gasteiger partial charge < -0.3 is 10.2 Å². The van der Waals surface area contributed by atoms with E-state index in [4.69, 9.17) is 10.4 Å². The average Bonchev–Trinajstić information content (AvgIpc) is 1.82. The maximum absolute atomic E-state index is 10.8. The minimum Gasteiger partial charge on any atom is -0.481 e. The lowest BCUT2D eigenvalue weighted by Crippen LogP contribution is -2.38. The van der Waals surface area contributed by atoms with Gasteiger partial charge in [0.05, 0.1) is 24.5 Å². The van der Waals surface area contributed by atoms with Crippen molar-refractivity contribution in [2.75, 3.05) is 0 Å². The Morgan fingerprint density at radius 2 is 2.00 bits per heavy atom. The summed E-state index contributed by atoms with van der Waals surface area (Å²) >= 11 is 0. The van der Waals surface area contributed by atoms with E-state index in [1.165, 1.54) is 0 Å². The predicted octanol–water partition coefficient (Wildman–Crippen LogP) is 1.01. The molecule has 4 heteroatoms. The zero-order valence-corrected chi connectivity index (χ0v) is 8.11. The molecule has 0 fully saturated rings. The van der Waals surface area contributed by atoms with E-state index < -0.39 is 23.4 Å². The van der Waals surface area contributed by atoms with Crippen LogP contribution in [-0.4, -0.2) is 22.3 Å². The number of aliphatic carboxylic acids is 1. The van der Waals surface area contributed by atoms with Crippen molar-refractivity contribution < 1.29 is 15.0 Å². The fraction of sp³-hybridized carbons (Fsp3) is 0.778. The Hall–Kier alpha value is -1.08. The van der Waals surface area contributed by atoms with Gasteiger partial charge in [-0.15, -0.1) is 0 Å². The summed E-state index contributed by atoms with van der Waals surface area (Å²) in [6, 6.07) is 1.76. The summed E-state index contributed by atoms with van der Waals surface area (Å²) in [5.41, 5.74) is -0.540. The number of aliphatic hydroxyl groups is 1. The minimum absolute atomic E-state index is 0.145. The normalized spacial score (nSPS) is 15.9. The molecule has 0 radical (unpaired) electrons. The Morgan fingerprint density at radius 1 is 1.54 bits per heavy atom. The maximum atomic E-state index is 10.8. The molecule has 0 rings (SSSR count). The van der Waals surface area contributed by atoms with Crippen molar-refractivity contribution >= 4 is 5.97 Å². The molecule has 0 bridgehead atoms. The van der Waals surface area contributed by atoms with Gasteiger partial charge in [0, 0.05) is 0 Å². The van der Waals surface area contributed by atoms with Crippen molar-refractivity contribution in [3.05, 3.63) is 0 Å². The van der Waals surface area contributed by atoms with E-state index in [9.17, 15) is 9.90 Å². The van der Waals surface area contributed by atoms with Crippen LogP contribution in [0.25, 0.3) is 0 Å². The highest BCUT2D eigenvalue weighted by Crippen LogP contribution is 2.30. The molecule has 2 unspecified atom stereocenters. The quantitative estimate of drug-likeness (QED) is 0.687. The fourth-order valence-electron chi connectivity index (χ4n) is 1.32. The molecule has 0 amide bonds. The van der Waals surface area contributed by atoms with Gasteiger partial charge in [-0.2, -0.15) is 5.26 Å². The molecule has 0 saturated carbocycles. The number of aliphatic hydroxyl groups excluding tert-OH is 1. The summed E-state index contributed by atoms with van der Waals surface area (Å²) in [5, 5.41) is 26.6. The van der Waals surface area contributed by atoms with Crippen molar-refractivity contribution in [2.45, 2.75) is 33.3 Å². The highest BCUT2D eigenvalue weighted by Gasteiger charge is 2.36. The first-order valence-electron chi connectivity index (χ1n) is 4.08. The smallest absolute Gasteiger partial charge is 0.309 e. The summed E-state index contributed by atoms with van der Waals surface area (Å²) < 4.78 is 0. The van der Waals surface area contributed by atoms with Gasteiger partial charge in [-0.3, -0.25) is 4.79 Å². The van der Waals surface area contributed by atoms with Crippen LogP contribution in [0.2, 0.25) is 0 Å². The molecule has 74 valence electrons. The van der Waals surface area contributed by atoms with Crippen LogP contribution in [-0.2, 0) is 4.79 Å². The molecule has 0 aromatic rings. The van der Waals surface area contributed by atoms with Gasteiger partial charge in [-0.25, -0.2) is 0 Å². The molecule has 0 aromatic carbocycles. The van der Waals surface area contributed by atoms with E-state index in [1.54, 1.807) is 26.8 Å². The highest BCUT2D eigenvalue weighted by molar-refractivity contribution is 5.71. The van der Waals surface area contributed by atoms with E-state index in [0.717, 1.165) is 0 Å². The minimum atomic E-state index is -1.09. The lowest BCUT2D eigenvalue weighted by atomic mass is 9.76. The van der Waals surface area contributed by atoms with E-state index in [0.29, 0.717) is 0 Å². The molecular formula is C9H15NO3. The van der Waals surface area contributed by atoms with Gasteiger partial charge in [0.25, 0.3) is 0 Å². The van der Waals surface area contributed by atoms with E-state index >= 15 is 0 Å². The number of rotatable bonds is 3. The van der Waals surface area contributed by atoms with Crippen LogP contribution in [0.1, 0.15) is 27.2 Å². The summed E-state index contributed by atoms with van der Waals surface area (Å²) in [6.07, 6.45) is -1.24. The van der Waals surface area contributed by atoms with Crippen molar-refractivity contribution in [1.82, 2.24) is 0 Å². The van der Waals surface area contributed by atoms with Crippen LogP contribution in [0.3, 0.4) is 0 Å². The van der Waals surface area contributed by atoms with Gasteiger partial charge >= 0.3 is 5.97 Å². The molecule has 0 aliphatic rings. The fourth-order valence-corrected chi connectivity index (χ4v) is 1.32. The molecule has 0 aliphatic carbocycles.